The summed E-state index contributed by atoms with van der Waals surface area (Å²) in [6.07, 6.45) is 5.32. The monoisotopic (exact) mass is 254 g/mol. The van der Waals surface area contributed by atoms with Gasteiger partial charge in [0.25, 0.3) is 0 Å². The number of urea groups is 1. The molecule has 0 bridgehead atoms. The average Bonchev–Trinajstić information content (AvgIpc) is 2.85. The zero-order valence-corrected chi connectivity index (χ0v) is 10.8. The molecule has 5 heteroatoms. The number of carbonyl (C=O) groups excluding carboxylic acids is 1. The Hall–Kier alpha value is -1.26. The maximum atomic E-state index is 12.2. The normalized spacial score (nSPS) is 24.3. The minimum Gasteiger partial charge on any atom is -0.481 e. The van der Waals surface area contributed by atoms with Crippen molar-refractivity contribution < 1.29 is 14.7 Å². The van der Waals surface area contributed by atoms with E-state index in [1.54, 1.807) is 0 Å². The zero-order valence-electron chi connectivity index (χ0n) is 10.8. The Morgan fingerprint density at radius 2 is 1.78 bits per heavy atom. The van der Waals surface area contributed by atoms with E-state index in [1.807, 2.05) is 9.80 Å². The largest absolute Gasteiger partial charge is 0.481 e. The van der Waals surface area contributed by atoms with Gasteiger partial charge in [0.1, 0.15) is 0 Å². The van der Waals surface area contributed by atoms with Gasteiger partial charge in [0.2, 0.25) is 0 Å². The molecule has 18 heavy (non-hydrogen) atoms. The molecule has 2 amide bonds. The van der Waals surface area contributed by atoms with Crippen LogP contribution >= 0.6 is 0 Å². The lowest BCUT2D eigenvalue weighted by atomic mass is 10.0. The Balaban J connectivity index is 1.77. The van der Waals surface area contributed by atoms with E-state index in [2.05, 4.69) is 0 Å². The second kappa shape index (κ2) is 6.07. The van der Waals surface area contributed by atoms with Crippen LogP contribution in [0.3, 0.4) is 0 Å². The number of piperidine rings is 1. The molecule has 2 fully saturated rings. The highest BCUT2D eigenvalue weighted by Gasteiger charge is 2.29. The van der Waals surface area contributed by atoms with Gasteiger partial charge in [-0.1, -0.05) is 0 Å². The average molecular weight is 254 g/mol. The first-order chi connectivity index (χ1) is 8.66. The van der Waals surface area contributed by atoms with Crippen LogP contribution in [-0.2, 0) is 4.79 Å². The third-order valence-corrected chi connectivity index (χ3v) is 3.95. The molecule has 0 spiro atoms. The van der Waals surface area contributed by atoms with Crippen molar-refractivity contribution in [2.45, 2.75) is 38.5 Å². The maximum absolute atomic E-state index is 12.2. The SMILES string of the molecule is O=C(O)CCC1CCN(C(=O)N2CCCCC2)C1. The van der Waals surface area contributed by atoms with Crippen molar-refractivity contribution in [3.63, 3.8) is 0 Å². The number of carboxylic acid groups (broad SMARTS) is 1. The molecule has 102 valence electrons. The molecule has 2 saturated heterocycles. The van der Waals surface area contributed by atoms with E-state index in [-0.39, 0.29) is 12.5 Å². The smallest absolute Gasteiger partial charge is 0.320 e. The molecule has 2 aliphatic rings. The molecule has 1 N–H and O–H groups in total. The van der Waals surface area contributed by atoms with Gasteiger partial charge in [0.15, 0.2) is 0 Å². The number of carbonyl (C=O) groups is 2. The van der Waals surface area contributed by atoms with Crippen LogP contribution in [0, 0.1) is 5.92 Å². The van der Waals surface area contributed by atoms with Crippen LogP contribution in [0.2, 0.25) is 0 Å². The second-order valence-electron chi connectivity index (χ2n) is 5.36. The summed E-state index contributed by atoms with van der Waals surface area (Å²) in [5.41, 5.74) is 0. The summed E-state index contributed by atoms with van der Waals surface area (Å²) in [5.74, 6) is -0.370. The fourth-order valence-corrected chi connectivity index (χ4v) is 2.85. The Bertz CT molecular complexity index is 313. The molecule has 0 aromatic rings. The fourth-order valence-electron chi connectivity index (χ4n) is 2.85. The van der Waals surface area contributed by atoms with Gasteiger partial charge in [-0.3, -0.25) is 4.79 Å². The number of aliphatic carboxylic acids is 1. The first-order valence-electron chi connectivity index (χ1n) is 6.92. The standard InChI is InChI=1S/C13H22N2O3/c16-12(17)5-4-11-6-9-15(10-11)13(18)14-7-2-1-3-8-14/h11H,1-10H2,(H,16,17). The Kier molecular flexibility index (Phi) is 4.44. The molecule has 0 aliphatic carbocycles. The fraction of sp³-hybridized carbons (Fsp3) is 0.846. The van der Waals surface area contributed by atoms with Crippen LogP contribution < -0.4 is 0 Å². The van der Waals surface area contributed by atoms with E-state index < -0.39 is 5.97 Å². The van der Waals surface area contributed by atoms with Gasteiger partial charge < -0.3 is 14.9 Å². The Morgan fingerprint density at radius 3 is 2.44 bits per heavy atom. The summed E-state index contributed by atoms with van der Waals surface area (Å²) < 4.78 is 0. The van der Waals surface area contributed by atoms with Gasteiger partial charge in [0.05, 0.1) is 0 Å². The lowest BCUT2D eigenvalue weighted by molar-refractivity contribution is -0.137. The summed E-state index contributed by atoms with van der Waals surface area (Å²) in [5, 5.41) is 8.66. The summed E-state index contributed by atoms with van der Waals surface area (Å²) in [6.45, 7) is 3.30. The minimum atomic E-state index is -0.740. The van der Waals surface area contributed by atoms with Crippen molar-refractivity contribution in [2.75, 3.05) is 26.2 Å². The molecular formula is C13H22N2O3. The van der Waals surface area contributed by atoms with Gasteiger partial charge >= 0.3 is 12.0 Å². The van der Waals surface area contributed by atoms with E-state index in [9.17, 15) is 9.59 Å². The van der Waals surface area contributed by atoms with E-state index in [0.29, 0.717) is 12.3 Å². The van der Waals surface area contributed by atoms with Crippen molar-refractivity contribution in [1.29, 1.82) is 0 Å². The molecule has 2 heterocycles. The third kappa shape index (κ3) is 3.37. The number of amides is 2. The lowest BCUT2D eigenvalue weighted by Crippen LogP contribution is -2.44. The van der Waals surface area contributed by atoms with Crippen molar-refractivity contribution in [3.8, 4) is 0 Å². The molecule has 1 atom stereocenters. The minimum absolute atomic E-state index is 0.160. The lowest BCUT2D eigenvalue weighted by Gasteiger charge is -2.31. The number of rotatable bonds is 3. The van der Waals surface area contributed by atoms with Crippen molar-refractivity contribution in [3.05, 3.63) is 0 Å². The van der Waals surface area contributed by atoms with Gasteiger partial charge in [-0.05, 0) is 38.0 Å². The van der Waals surface area contributed by atoms with Crippen molar-refractivity contribution in [2.24, 2.45) is 5.92 Å². The van der Waals surface area contributed by atoms with Gasteiger partial charge in [-0.2, -0.15) is 0 Å². The molecule has 5 nitrogen and oxygen atoms in total. The number of nitrogens with zero attached hydrogens (tertiary/aromatic N) is 2. The number of hydrogen-bond acceptors (Lipinski definition) is 2. The molecular weight excluding hydrogens is 232 g/mol. The van der Waals surface area contributed by atoms with E-state index in [1.165, 1.54) is 6.42 Å². The molecule has 0 saturated carbocycles. The molecule has 2 rings (SSSR count). The molecule has 0 aromatic carbocycles. The second-order valence-corrected chi connectivity index (χ2v) is 5.36. The highest BCUT2D eigenvalue weighted by molar-refractivity contribution is 5.74. The molecule has 1 unspecified atom stereocenters. The molecule has 2 aliphatic heterocycles. The highest BCUT2D eigenvalue weighted by Crippen LogP contribution is 2.23. The zero-order chi connectivity index (χ0) is 13.0. The third-order valence-electron chi connectivity index (χ3n) is 3.95. The van der Waals surface area contributed by atoms with Crippen molar-refractivity contribution >= 4 is 12.0 Å². The summed E-state index contributed by atoms with van der Waals surface area (Å²) in [4.78, 5) is 26.6. The van der Waals surface area contributed by atoms with Crippen LogP contribution in [0.15, 0.2) is 0 Å². The van der Waals surface area contributed by atoms with Crippen molar-refractivity contribution in [1.82, 2.24) is 9.80 Å². The predicted molar refractivity (Wildman–Crippen MR) is 67.4 cm³/mol. The van der Waals surface area contributed by atoms with Crippen LogP contribution in [0.25, 0.3) is 0 Å². The first kappa shape index (κ1) is 13.2. The van der Waals surface area contributed by atoms with Crippen LogP contribution in [0.5, 0.6) is 0 Å². The van der Waals surface area contributed by atoms with E-state index in [4.69, 9.17) is 5.11 Å². The Morgan fingerprint density at radius 1 is 1.06 bits per heavy atom. The number of carboxylic acids is 1. The maximum Gasteiger partial charge on any atom is 0.320 e. The summed E-state index contributed by atoms with van der Waals surface area (Å²) in [7, 11) is 0. The van der Waals surface area contributed by atoms with Gasteiger partial charge in [-0.25, -0.2) is 4.79 Å². The first-order valence-corrected chi connectivity index (χ1v) is 6.92. The van der Waals surface area contributed by atoms with Crippen LogP contribution in [0.4, 0.5) is 4.79 Å². The number of hydrogen-bond donors (Lipinski definition) is 1. The van der Waals surface area contributed by atoms with Gasteiger partial charge in [-0.15, -0.1) is 0 Å². The summed E-state index contributed by atoms with van der Waals surface area (Å²) in [6, 6.07) is 0.160. The quantitative estimate of drug-likeness (QED) is 0.835. The van der Waals surface area contributed by atoms with Crippen LogP contribution in [0.1, 0.15) is 38.5 Å². The molecule has 0 radical (unpaired) electrons. The Labute approximate surface area is 108 Å². The number of likely N-dealkylation sites (tertiary alicyclic amines) is 2. The van der Waals surface area contributed by atoms with Gasteiger partial charge in [0, 0.05) is 32.6 Å². The summed E-state index contributed by atoms with van der Waals surface area (Å²) >= 11 is 0. The van der Waals surface area contributed by atoms with E-state index >= 15 is 0 Å². The topological polar surface area (TPSA) is 60.9 Å². The van der Waals surface area contributed by atoms with Crippen LogP contribution in [-0.4, -0.2) is 53.1 Å². The predicted octanol–water partition coefficient (Wildman–Crippen LogP) is 1.78. The molecule has 0 aromatic heterocycles. The van der Waals surface area contributed by atoms with E-state index in [0.717, 1.165) is 45.4 Å². The highest BCUT2D eigenvalue weighted by atomic mass is 16.4.